The Hall–Kier alpha value is -2.94. The zero-order chi connectivity index (χ0) is 23.8. The third-order valence-electron chi connectivity index (χ3n) is 6.31. The average molecular weight is 445 g/mol. The molecule has 2 aliphatic rings. The van der Waals surface area contributed by atoms with Crippen molar-refractivity contribution in [1.82, 2.24) is 4.90 Å². The molecule has 0 heterocycles. The molecule has 1 aromatic carbocycles. The minimum Gasteiger partial charge on any atom is -0.507 e. The van der Waals surface area contributed by atoms with E-state index in [-0.39, 0.29) is 16.9 Å². The summed E-state index contributed by atoms with van der Waals surface area (Å²) >= 11 is 0. The lowest BCUT2D eigenvalue weighted by atomic mass is 9.62. The number of aromatic hydroxyl groups is 1. The van der Waals surface area contributed by atoms with Crippen LogP contribution < -0.4 is 4.90 Å². The number of allylic oxidation sites excluding steroid dienone is 4. The van der Waals surface area contributed by atoms with E-state index in [2.05, 4.69) is 0 Å². The molecule has 0 aliphatic heterocycles. The van der Waals surface area contributed by atoms with Crippen LogP contribution in [-0.4, -0.2) is 78.4 Å². The number of phenolic OH excluding ortho intramolecular Hbond substituents is 1. The fraction of sp³-hybridized carbons (Fsp3) is 0.417. The molecule has 1 fully saturated rings. The van der Waals surface area contributed by atoms with Gasteiger partial charge < -0.3 is 30.2 Å². The second-order valence-corrected chi connectivity index (χ2v) is 7.85. The van der Waals surface area contributed by atoms with Crippen molar-refractivity contribution in [3.8, 4) is 5.75 Å². The van der Waals surface area contributed by atoms with Crippen LogP contribution in [0.5, 0.6) is 5.75 Å². The number of phenols is 1. The van der Waals surface area contributed by atoms with Crippen LogP contribution in [-0.2, 0) is 5.60 Å². The first-order chi connectivity index (χ1) is 15.1. The van der Waals surface area contributed by atoms with Crippen molar-refractivity contribution in [2.75, 3.05) is 31.1 Å². The maximum Gasteiger partial charge on any atom is 0.368 e. The normalized spacial score (nSPS) is 24.3. The zero-order valence-electron chi connectivity index (χ0n) is 18.9. The van der Waals surface area contributed by atoms with Gasteiger partial charge in [0.2, 0.25) is 5.79 Å². The molecule has 1 atom stereocenters. The van der Waals surface area contributed by atoms with Crippen molar-refractivity contribution in [3.05, 3.63) is 58.8 Å². The molecular weight excluding hydrogens is 412 g/mol. The third-order valence-corrected chi connectivity index (χ3v) is 6.31. The first-order valence-electron chi connectivity index (χ1n) is 10.9. The van der Waals surface area contributed by atoms with Crippen molar-refractivity contribution in [2.24, 2.45) is 0 Å². The molecule has 1 aromatic rings. The zero-order valence-corrected chi connectivity index (χ0v) is 18.9. The first-order valence-corrected chi connectivity index (χ1v) is 10.9. The van der Waals surface area contributed by atoms with Gasteiger partial charge in [-0.05, 0) is 52.0 Å². The van der Waals surface area contributed by atoms with Gasteiger partial charge in [-0.2, -0.15) is 0 Å². The standard InChI is InChI=1S/C24H30N2O6/c1-5-25(6-2)15-9-11-17(19(27)13-15)21-22(29)23(30,24(21,31)32)18-12-10-16(14-20(18)28)26(7-3)8-4/h9-14,28,30-32H,5-8H2,1-4H3/p+2. The Morgan fingerprint density at radius 3 is 1.94 bits per heavy atom. The SMILES string of the molecule is CCN(CC)C1=CC(=[OH+])C(=C2C(=[OH+])C(O)(c3ccc(N(CC)CC)cc3O)C2(O)O)C=C1. The van der Waals surface area contributed by atoms with E-state index in [1.54, 1.807) is 12.1 Å². The van der Waals surface area contributed by atoms with Crippen LogP contribution in [0, 0.1) is 0 Å². The van der Waals surface area contributed by atoms with E-state index in [1.165, 1.54) is 24.3 Å². The number of hydrogen-bond acceptors (Lipinski definition) is 6. The summed E-state index contributed by atoms with van der Waals surface area (Å²) in [6.45, 7) is 10.7. The van der Waals surface area contributed by atoms with Crippen molar-refractivity contribution < 1.29 is 30.0 Å². The predicted molar refractivity (Wildman–Crippen MR) is 124 cm³/mol. The van der Waals surface area contributed by atoms with E-state index in [4.69, 9.17) is 0 Å². The van der Waals surface area contributed by atoms with Gasteiger partial charge in [-0.15, -0.1) is 0 Å². The lowest BCUT2D eigenvalue weighted by Crippen LogP contribution is -2.70. The van der Waals surface area contributed by atoms with E-state index in [0.717, 1.165) is 18.8 Å². The van der Waals surface area contributed by atoms with E-state index in [1.807, 2.05) is 37.5 Å². The maximum atomic E-state index is 11.1. The summed E-state index contributed by atoms with van der Waals surface area (Å²) in [6.07, 6.45) is 4.61. The quantitative estimate of drug-likeness (QED) is 0.285. The van der Waals surface area contributed by atoms with Crippen LogP contribution in [0.1, 0.15) is 33.3 Å². The lowest BCUT2D eigenvalue weighted by Gasteiger charge is -2.45. The van der Waals surface area contributed by atoms with Gasteiger partial charge in [0.05, 0.1) is 11.6 Å². The largest absolute Gasteiger partial charge is 0.507 e. The van der Waals surface area contributed by atoms with E-state index in [9.17, 15) is 30.0 Å². The fourth-order valence-electron chi connectivity index (χ4n) is 4.39. The van der Waals surface area contributed by atoms with E-state index in [0.29, 0.717) is 18.8 Å². The molecule has 2 aliphatic carbocycles. The molecule has 32 heavy (non-hydrogen) atoms. The molecule has 3 rings (SSSR count). The highest BCUT2D eigenvalue weighted by atomic mass is 16.5. The Bertz CT molecular complexity index is 1030. The number of nitrogens with zero attached hydrogens (tertiary/aromatic N) is 2. The van der Waals surface area contributed by atoms with Gasteiger partial charge in [-0.1, -0.05) is 0 Å². The molecule has 1 unspecified atom stereocenters. The van der Waals surface area contributed by atoms with Crippen molar-refractivity contribution in [3.63, 3.8) is 0 Å². The van der Waals surface area contributed by atoms with Crippen LogP contribution in [0.2, 0.25) is 0 Å². The second-order valence-electron chi connectivity index (χ2n) is 7.85. The Labute approximate surface area is 187 Å². The summed E-state index contributed by atoms with van der Waals surface area (Å²) in [7, 11) is 0. The van der Waals surface area contributed by atoms with Crippen LogP contribution in [0.15, 0.2) is 53.3 Å². The molecule has 0 spiro atoms. The van der Waals surface area contributed by atoms with Crippen LogP contribution in [0.25, 0.3) is 0 Å². The molecular formula is C24H32N2O6+2. The molecule has 0 amide bonds. The molecule has 1 saturated carbocycles. The Morgan fingerprint density at radius 2 is 1.47 bits per heavy atom. The number of carbonyl (C=O) groups excluding carboxylic acids is 2. The molecule has 8 heteroatoms. The number of hydrogen-bond donors (Lipinski definition) is 4. The van der Waals surface area contributed by atoms with Gasteiger partial charge in [0, 0.05) is 49.2 Å². The summed E-state index contributed by atoms with van der Waals surface area (Å²) < 4.78 is 0. The highest BCUT2D eigenvalue weighted by molar-refractivity contribution is 6.22. The summed E-state index contributed by atoms with van der Waals surface area (Å²) in [5.74, 6) is -4.36. The Kier molecular flexibility index (Phi) is 6.33. The average Bonchev–Trinajstić information content (AvgIpc) is 2.76. The summed E-state index contributed by atoms with van der Waals surface area (Å²) in [4.78, 5) is 25.2. The lowest BCUT2D eigenvalue weighted by molar-refractivity contribution is -0.248. The van der Waals surface area contributed by atoms with Gasteiger partial charge in [0.1, 0.15) is 11.3 Å². The first kappa shape index (κ1) is 23.7. The number of rotatable bonds is 7. The predicted octanol–water partition coefficient (Wildman–Crippen LogP) is 1.30. The summed E-state index contributed by atoms with van der Waals surface area (Å²) in [6, 6.07) is 4.37. The van der Waals surface area contributed by atoms with Crippen molar-refractivity contribution in [1.29, 1.82) is 0 Å². The fourth-order valence-corrected chi connectivity index (χ4v) is 4.39. The molecule has 0 aromatic heterocycles. The number of benzene rings is 1. The van der Waals surface area contributed by atoms with Gasteiger partial charge in [0.15, 0.2) is 0 Å². The van der Waals surface area contributed by atoms with Crippen LogP contribution in [0.3, 0.4) is 0 Å². The molecule has 0 radical (unpaired) electrons. The van der Waals surface area contributed by atoms with E-state index < -0.39 is 28.5 Å². The van der Waals surface area contributed by atoms with Crippen molar-refractivity contribution >= 4 is 17.3 Å². The van der Waals surface area contributed by atoms with Crippen LogP contribution in [0.4, 0.5) is 5.69 Å². The van der Waals surface area contributed by atoms with Gasteiger partial charge in [0.25, 0.3) is 5.60 Å². The monoisotopic (exact) mass is 444 g/mol. The maximum absolute atomic E-state index is 11.1. The third kappa shape index (κ3) is 3.35. The molecule has 172 valence electrons. The Morgan fingerprint density at radius 1 is 0.875 bits per heavy atom. The summed E-state index contributed by atoms with van der Waals surface area (Å²) in [5.41, 5.74) is -1.92. The van der Waals surface area contributed by atoms with Crippen LogP contribution >= 0.6 is 0 Å². The minimum absolute atomic E-state index is 0.0210. The minimum atomic E-state index is -2.94. The number of ketones is 2. The number of aliphatic hydroxyl groups is 3. The summed E-state index contributed by atoms with van der Waals surface area (Å²) in [5, 5.41) is 43.2. The number of anilines is 1. The molecule has 6 N–H and O–H groups in total. The topological polar surface area (TPSA) is 130 Å². The van der Waals surface area contributed by atoms with Crippen molar-refractivity contribution in [2.45, 2.75) is 39.1 Å². The highest BCUT2D eigenvalue weighted by Crippen LogP contribution is 2.53. The number of likely N-dealkylation sites (N-methyl/N-ethyl adjacent to an activating group) is 1. The molecule has 0 bridgehead atoms. The van der Waals surface area contributed by atoms with Gasteiger partial charge in [-0.3, -0.25) is 9.59 Å². The van der Waals surface area contributed by atoms with Gasteiger partial charge >= 0.3 is 11.6 Å². The second kappa shape index (κ2) is 8.54. The van der Waals surface area contributed by atoms with Gasteiger partial charge in [-0.25, -0.2) is 0 Å². The molecule has 8 nitrogen and oxygen atoms in total. The highest BCUT2D eigenvalue weighted by Gasteiger charge is 2.77. The smallest absolute Gasteiger partial charge is 0.368 e. The van der Waals surface area contributed by atoms with E-state index >= 15 is 0 Å². The molecule has 0 saturated heterocycles. The Balaban J connectivity index is 2.00.